The number of carbonyl (C=O) groups is 1. The normalized spacial score (nSPS) is 10.3. The first-order valence-corrected chi connectivity index (χ1v) is 10.8. The Hall–Kier alpha value is -4.30. The average Bonchev–Trinajstić information content (AvgIpc) is 2.82. The zero-order valence-electron chi connectivity index (χ0n) is 18.6. The van der Waals surface area contributed by atoms with Gasteiger partial charge in [0.1, 0.15) is 11.6 Å². The van der Waals surface area contributed by atoms with Gasteiger partial charge in [0.05, 0.1) is 17.8 Å². The van der Waals surface area contributed by atoms with Gasteiger partial charge in [0.15, 0.2) is 0 Å². The SMILES string of the molecule is COc1ccc(Nc2cc(C)nc(Nc3ccc(NC(=O)Nc4ccccc4Cl)cc3)n2)cc1. The van der Waals surface area contributed by atoms with Gasteiger partial charge in [-0.1, -0.05) is 23.7 Å². The van der Waals surface area contributed by atoms with E-state index in [4.69, 9.17) is 16.3 Å². The van der Waals surface area contributed by atoms with E-state index in [1.54, 1.807) is 43.5 Å². The standard InChI is InChI=1S/C25H23ClN6O2/c1-16-15-23(28-17-11-13-20(34-2)14-12-17)32-24(27-16)29-18-7-9-19(10-8-18)30-25(33)31-22-6-4-3-5-21(22)26/h3-15H,1-2H3,(H2,30,31,33)(H2,27,28,29,32). The summed E-state index contributed by atoms with van der Waals surface area (Å²) < 4.78 is 5.19. The minimum absolute atomic E-state index is 0.384. The molecule has 34 heavy (non-hydrogen) atoms. The molecule has 0 radical (unpaired) electrons. The Morgan fingerprint density at radius 1 is 0.824 bits per heavy atom. The van der Waals surface area contributed by atoms with E-state index in [2.05, 4.69) is 31.2 Å². The van der Waals surface area contributed by atoms with Gasteiger partial charge < -0.3 is 26.0 Å². The molecule has 1 heterocycles. The zero-order chi connectivity index (χ0) is 23.9. The number of nitrogens with one attached hydrogen (secondary N) is 4. The maximum atomic E-state index is 12.2. The fraction of sp³-hybridized carbons (Fsp3) is 0.0800. The van der Waals surface area contributed by atoms with Crippen molar-refractivity contribution >= 4 is 52.1 Å². The summed E-state index contributed by atoms with van der Waals surface area (Å²) in [5, 5.41) is 12.4. The van der Waals surface area contributed by atoms with Crippen molar-refractivity contribution < 1.29 is 9.53 Å². The fourth-order valence-corrected chi connectivity index (χ4v) is 3.31. The molecule has 0 atom stereocenters. The summed E-state index contributed by atoms with van der Waals surface area (Å²) in [7, 11) is 1.63. The van der Waals surface area contributed by atoms with Gasteiger partial charge in [0, 0.05) is 28.8 Å². The number of para-hydroxylation sites is 1. The third kappa shape index (κ3) is 6.14. The van der Waals surface area contributed by atoms with Gasteiger partial charge >= 0.3 is 6.03 Å². The fourth-order valence-electron chi connectivity index (χ4n) is 3.12. The predicted molar refractivity (Wildman–Crippen MR) is 137 cm³/mol. The second-order valence-corrected chi connectivity index (χ2v) is 7.74. The van der Waals surface area contributed by atoms with Gasteiger partial charge in [-0.15, -0.1) is 0 Å². The van der Waals surface area contributed by atoms with Crippen LogP contribution in [0.2, 0.25) is 5.02 Å². The van der Waals surface area contributed by atoms with Crippen LogP contribution < -0.4 is 26.0 Å². The van der Waals surface area contributed by atoms with Gasteiger partial charge in [-0.05, 0) is 67.6 Å². The van der Waals surface area contributed by atoms with Gasteiger partial charge in [-0.25, -0.2) is 9.78 Å². The molecule has 3 aromatic carbocycles. The van der Waals surface area contributed by atoms with Crippen LogP contribution in [0, 0.1) is 6.92 Å². The molecule has 0 aliphatic rings. The van der Waals surface area contributed by atoms with Crippen molar-refractivity contribution in [3.63, 3.8) is 0 Å². The van der Waals surface area contributed by atoms with Crippen LogP contribution in [0.3, 0.4) is 0 Å². The predicted octanol–water partition coefficient (Wildman–Crippen LogP) is 6.58. The number of halogens is 1. The number of anilines is 6. The van der Waals surface area contributed by atoms with E-state index in [9.17, 15) is 4.79 Å². The highest BCUT2D eigenvalue weighted by atomic mass is 35.5. The van der Waals surface area contributed by atoms with E-state index in [1.807, 2.05) is 49.4 Å². The quantitative estimate of drug-likeness (QED) is 0.241. The number of nitrogens with zero attached hydrogens (tertiary/aromatic N) is 2. The van der Waals surface area contributed by atoms with Crippen LogP contribution in [0.1, 0.15) is 5.69 Å². The Morgan fingerprint density at radius 3 is 2.18 bits per heavy atom. The summed E-state index contributed by atoms with van der Waals surface area (Å²) in [4.78, 5) is 21.2. The van der Waals surface area contributed by atoms with E-state index in [-0.39, 0.29) is 6.03 Å². The van der Waals surface area contributed by atoms with E-state index in [0.29, 0.717) is 28.2 Å². The summed E-state index contributed by atoms with van der Waals surface area (Å²) in [5.74, 6) is 1.90. The molecule has 2 amide bonds. The summed E-state index contributed by atoms with van der Waals surface area (Å²) >= 11 is 6.08. The molecule has 4 rings (SSSR count). The number of benzene rings is 3. The van der Waals surface area contributed by atoms with Gasteiger partial charge in [-0.2, -0.15) is 4.98 Å². The zero-order valence-corrected chi connectivity index (χ0v) is 19.4. The highest BCUT2D eigenvalue weighted by molar-refractivity contribution is 6.33. The topological polar surface area (TPSA) is 100 Å². The Labute approximate surface area is 202 Å². The highest BCUT2D eigenvalue weighted by Gasteiger charge is 2.07. The van der Waals surface area contributed by atoms with Crippen molar-refractivity contribution in [2.24, 2.45) is 0 Å². The molecule has 4 N–H and O–H groups in total. The number of amides is 2. The van der Waals surface area contributed by atoms with Crippen molar-refractivity contribution in [1.29, 1.82) is 0 Å². The number of hydrogen-bond donors (Lipinski definition) is 4. The summed E-state index contributed by atoms with van der Waals surface area (Å²) in [6.07, 6.45) is 0. The molecule has 9 heteroatoms. The minimum atomic E-state index is -0.384. The molecule has 0 aliphatic carbocycles. The molecule has 0 aliphatic heterocycles. The Kier molecular flexibility index (Phi) is 7.10. The molecular formula is C25H23ClN6O2. The van der Waals surface area contributed by atoms with Crippen LogP contribution in [0.5, 0.6) is 5.75 Å². The number of rotatable bonds is 7. The van der Waals surface area contributed by atoms with E-state index in [1.165, 1.54) is 0 Å². The summed E-state index contributed by atoms with van der Waals surface area (Å²) in [6, 6.07) is 23.3. The molecule has 0 fully saturated rings. The summed E-state index contributed by atoms with van der Waals surface area (Å²) in [6.45, 7) is 1.90. The molecule has 0 unspecified atom stereocenters. The number of methoxy groups -OCH3 is 1. The molecule has 0 saturated carbocycles. The number of hydrogen-bond acceptors (Lipinski definition) is 6. The Bertz CT molecular complexity index is 1280. The maximum Gasteiger partial charge on any atom is 0.323 e. The van der Waals surface area contributed by atoms with E-state index < -0.39 is 0 Å². The first-order valence-electron chi connectivity index (χ1n) is 10.4. The van der Waals surface area contributed by atoms with Crippen LogP contribution in [0.15, 0.2) is 78.9 Å². The number of ether oxygens (including phenoxy) is 1. The number of carbonyl (C=O) groups excluding carboxylic acids is 1. The van der Waals surface area contributed by atoms with Crippen LogP contribution in [0.4, 0.5) is 39.3 Å². The lowest BCUT2D eigenvalue weighted by molar-refractivity contribution is 0.262. The molecule has 172 valence electrons. The second kappa shape index (κ2) is 10.5. The second-order valence-electron chi connectivity index (χ2n) is 7.33. The molecule has 4 aromatic rings. The van der Waals surface area contributed by atoms with Crippen LogP contribution >= 0.6 is 11.6 Å². The number of aromatic nitrogens is 2. The van der Waals surface area contributed by atoms with Crippen molar-refractivity contribution in [2.45, 2.75) is 6.92 Å². The largest absolute Gasteiger partial charge is 0.497 e. The minimum Gasteiger partial charge on any atom is -0.497 e. The molecule has 1 aromatic heterocycles. The average molecular weight is 475 g/mol. The molecule has 0 bridgehead atoms. The van der Waals surface area contributed by atoms with Crippen molar-refractivity contribution in [3.05, 3.63) is 89.6 Å². The lowest BCUT2D eigenvalue weighted by Gasteiger charge is -2.11. The Balaban J connectivity index is 1.38. The van der Waals surface area contributed by atoms with Crippen molar-refractivity contribution in [2.75, 3.05) is 28.4 Å². The first-order chi connectivity index (χ1) is 16.5. The van der Waals surface area contributed by atoms with Gasteiger partial charge in [-0.3, -0.25) is 0 Å². The number of urea groups is 1. The van der Waals surface area contributed by atoms with Crippen LogP contribution in [0.25, 0.3) is 0 Å². The summed E-state index contributed by atoms with van der Waals surface area (Å²) in [5.41, 5.74) is 3.63. The van der Waals surface area contributed by atoms with E-state index >= 15 is 0 Å². The van der Waals surface area contributed by atoms with Crippen LogP contribution in [-0.2, 0) is 0 Å². The molecule has 0 saturated heterocycles. The number of aryl methyl sites for hydroxylation is 1. The van der Waals surface area contributed by atoms with Crippen molar-refractivity contribution in [1.82, 2.24) is 9.97 Å². The smallest absolute Gasteiger partial charge is 0.323 e. The third-order valence-corrected chi connectivity index (χ3v) is 5.07. The van der Waals surface area contributed by atoms with Crippen LogP contribution in [-0.4, -0.2) is 23.1 Å². The van der Waals surface area contributed by atoms with E-state index in [0.717, 1.165) is 22.8 Å². The lowest BCUT2D eigenvalue weighted by atomic mass is 10.3. The van der Waals surface area contributed by atoms with Crippen molar-refractivity contribution in [3.8, 4) is 5.75 Å². The first kappa shape index (κ1) is 22.9. The monoisotopic (exact) mass is 474 g/mol. The molecular weight excluding hydrogens is 452 g/mol. The molecule has 0 spiro atoms. The Morgan fingerprint density at radius 2 is 1.47 bits per heavy atom. The maximum absolute atomic E-state index is 12.2. The lowest BCUT2D eigenvalue weighted by Crippen LogP contribution is -2.19. The van der Waals surface area contributed by atoms with Gasteiger partial charge in [0.25, 0.3) is 0 Å². The molecule has 8 nitrogen and oxygen atoms in total. The van der Waals surface area contributed by atoms with Gasteiger partial charge in [0.2, 0.25) is 5.95 Å². The third-order valence-electron chi connectivity index (χ3n) is 4.74. The highest BCUT2D eigenvalue weighted by Crippen LogP contribution is 2.23.